The number of nitrogens with two attached hydrogens (primary N) is 2. The van der Waals surface area contributed by atoms with Crippen molar-refractivity contribution in [3.63, 3.8) is 0 Å². The second-order valence-electron chi connectivity index (χ2n) is 6.05. The van der Waals surface area contributed by atoms with Gasteiger partial charge in [0.05, 0.1) is 11.3 Å². The summed E-state index contributed by atoms with van der Waals surface area (Å²) in [4.78, 5) is 19.7. The normalized spacial score (nSPS) is 17.0. The molecule has 0 radical (unpaired) electrons. The van der Waals surface area contributed by atoms with E-state index in [0.29, 0.717) is 18.1 Å². The number of pyridine rings is 1. The van der Waals surface area contributed by atoms with Crippen molar-refractivity contribution in [1.82, 2.24) is 9.88 Å². The molecule has 0 saturated carbocycles. The lowest BCUT2D eigenvalue weighted by Gasteiger charge is -2.38. The molecule has 2 rings (SSSR count). The molecule has 1 aromatic rings. The smallest absolute Gasteiger partial charge is 0.267 e. The Kier molecular flexibility index (Phi) is 4.34. The van der Waals surface area contributed by atoms with Crippen LogP contribution in [0.3, 0.4) is 0 Å². The van der Waals surface area contributed by atoms with E-state index >= 15 is 0 Å². The van der Waals surface area contributed by atoms with Crippen LogP contribution in [0.2, 0.25) is 0 Å². The summed E-state index contributed by atoms with van der Waals surface area (Å²) in [5, 5.41) is 9.86. The first-order chi connectivity index (χ1) is 9.76. The fourth-order valence-electron chi connectivity index (χ4n) is 2.51. The zero-order valence-electron chi connectivity index (χ0n) is 12.5. The van der Waals surface area contributed by atoms with Gasteiger partial charge in [0, 0.05) is 32.7 Å². The van der Waals surface area contributed by atoms with Gasteiger partial charge < -0.3 is 21.5 Å². The van der Waals surface area contributed by atoms with E-state index in [1.54, 1.807) is 19.9 Å². The van der Waals surface area contributed by atoms with Crippen molar-refractivity contribution in [3.8, 4) is 0 Å². The molecular weight excluding hydrogens is 270 g/mol. The third kappa shape index (κ3) is 4.05. The van der Waals surface area contributed by atoms with E-state index < -0.39 is 11.5 Å². The number of rotatable bonds is 4. The van der Waals surface area contributed by atoms with Crippen LogP contribution >= 0.6 is 0 Å². The molecule has 21 heavy (non-hydrogen) atoms. The maximum atomic E-state index is 11.2. The number of primary amides is 1. The number of anilines is 2. The molecule has 1 aliphatic heterocycles. The molecule has 0 spiro atoms. The predicted molar refractivity (Wildman–Crippen MR) is 82.1 cm³/mol. The molecule has 1 saturated heterocycles. The summed E-state index contributed by atoms with van der Waals surface area (Å²) in [5.74, 6) is 0.0473. The van der Waals surface area contributed by atoms with E-state index in [0.717, 1.165) is 26.2 Å². The van der Waals surface area contributed by atoms with Gasteiger partial charge in [0.25, 0.3) is 5.91 Å². The molecule has 116 valence electrons. The summed E-state index contributed by atoms with van der Waals surface area (Å²) < 4.78 is 0. The lowest BCUT2D eigenvalue weighted by molar-refractivity contribution is 0.0344. The second-order valence-corrected chi connectivity index (χ2v) is 6.05. The minimum Gasteiger partial charge on any atom is -0.396 e. The molecule has 0 aliphatic carbocycles. The van der Waals surface area contributed by atoms with Crippen LogP contribution in [0, 0.1) is 0 Å². The van der Waals surface area contributed by atoms with Gasteiger partial charge in [-0.25, -0.2) is 4.98 Å². The summed E-state index contributed by atoms with van der Waals surface area (Å²) in [5.41, 5.74) is 11.3. The minimum atomic E-state index is -0.703. The molecule has 0 aromatic carbocycles. The molecule has 5 N–H and O–H groups in total. The highest BCUT2D eigenvalue weighted by atomic mass is 16.3. The van der Waals surface area contributed by atoms with Gasteiger partial charge in [0.1, 0.15) is 5.69 Å². The fourth-order valence-corrected chi connectivity index (χ4v) is 2.51. The third-order valence-electron chi connectivity index (χ3n) is 3.44. The number of aliphatic hydroxyl groups is 1. The van der Waals surface area contributed by atoms with Crippen LogP contribution in [0.4, 0.5) is 11.5 Å². The van der Waals surface area contributed by atoms with E-state index in [-0.39, 0.29) is 5.69 Å². The van der Waals surface area contributed by atoms with Crippen molar-refractivity contribution >= 4 is 17.4 Å². The minimum absolute atomic E-state index is 0.220. The molecular formula is C14H23N5O2. The van der Waals surface area contributed by atoms with Crippen molar-refractivity contribution < 1.29 is 9.90 Å². The molecule has 1 amide bonds. The van der Waals surface area contributed by atoms with Gasteiger partial charge in [-0.05, 0) is 26.0 Å². The number of nitrogens with zero attached hydrogens (tertiary/aromatic N) is 3. The second kappa shape index (κ2) is 5.87. The highest BCUT2D eigenvalue weighted by molar-refractivity contribution is 5.91. The van der Waals surface area contributed by atoms with Gasteiger partial charge in [-0.15, -0.1) is 0 Å². The van der Waals surface area contributed by atoms with Crippen LogP contribution < -0.4 is 16.4 Å². The molecule has 1 aliphatic rings. The van der Waals surface area contributed by atoms with E-state index in [9.17, 15) is 9.90 Å². The Morgan fingerprint density at radius 1 is 1.33 bits per heavy atom. The van der Waals surface area contributed by atoms with Gasteiger partial charge in [0.2, 0.25) is 0 Å². The summed E-state index contributed by atoms with van der Waals surface area (Å²) in [7, 11) is 0. The highest BCUT2D eigenvalue weighted by Crippen LogP contribution is 2.22. The summed E-state index contributed by atoms with van der Waals surface area (Å²) in [6.07, 6.45) is 0. The average Bonchev–Trinajstić information content (AvgIpc) is 2.38. The molecule has 2 heterocycles. The maximum absolute atomic E-state index is 11.2. The van der Waals surface area contributed by atoms with Gasteiger partial charge in [-0.1, -0.05) is 0 Å². The maximum Gasteiger partial charge on any atom is 0.267 e. The van der Waals surface area contributed by atoms with Gasteiger partial charge in [-0.3, -0.25) is 9.69 Å². The van der Waals surface area contributed by atoms with E-state index in [4.69, 9.17) is 11.5 Å². The average molecular weight is 293 g/mol. The van der Waals surface area contributed by atoms with E-state index in [1.807, 2.05) is 4.90 Å². The number of hydrogen-bond donors (Lipinski definition) is 3. The molecule has 7 nitrogen and oxygen atoms in total. The van der Waals surface area contributed by atoms with Crippen LogP contribution in [-0.2, 0) is 0 Å². The number of amides is 1. The van der Waals surface area contributed by atoms with Crippen LogP contribution in [0.25, 0.3) is 0 Å². The number of carbonyl (C=O) groups is 1. The fraction of sp³-hybridized carbons (Fsp3) is 0.571. The Bertz CT molecular complexity index is 519. The Hall–Kier alpha value is -1.86. The SMILES string of the molecule is CC(C)(O)CN1CCN(c2nc(C(N)=O)ccc2N)CC1. The lowest BCUT2D eigenvalue weighted by atomic mass is 10.1. The monoisotopic (exact) mass is 293 g/mol. The quantitative estimate of drug-likeness (QED) is 0.700. The molecule has 7 heteroatoms. The Morgan fingerprint density at radius 2 is 1.95 bits per heavy atom. The largest absolute Gasteiger partial charge is 0.396 e. The van der Waals surface area contributed by atoms with Crippen molar-refractivity contribution in [3.05, 3.63) is 17.8 Å². The number of nitrogen functional groups attached to an aromatic ring is 1. The van der Waals surface area contributed by atoms with Gasteiger partial charge in [-0.2, -0.15) is 0 Å². The predicted octanol–water partition coefficient (Wildman–Crippen LogP) is -0.344. The zero-order valence-corrected chi connectivity index (χ0v) is 12.5. The lowest BCUT2D eigenvalue weighted by Crippen LogP contribution is -2.50. The number of β-amino-alcohol motifs (C(OH)–C–C–N with tert-alkyl or cyclic N) is 1. The van der Waals surface area contributed by atoms with E-state index in [1.165, 1.54) is 6.07 Å². The first kappa shape index (κ1) is 15.5. The number of hydrogen-bond acceptors (Lipinski definition) is 6. The Labute approximate surface area is 124 Å². The van der Waals surface area contributed by atoms with Crippen LogP contribution in [0.15, 0.2) is 12.1 Å². The van der Waals surface area contributed by atoms with Crippen LogP contribution in [-0.4, -0.2) is 59.2 Å². The molecule has 0 unspecified atom stereocenters. The van der Waals surface area contributed by atoms with E-state index in [2.05, 4.69) is 9.88 Å². The summed E-state index contributed by atoms with van der Waals surface area (Å²) in [6, 6.07) is 3.19. The zero-order chi connectivity index (χ0) is 15.6. The van der Waals surface area contributed by atoms with Crippen molar-refractivity contribution in [2.75, 3.05) is 43.4 Å². The van der Waals surface area contributed by atoms with Crippen molar-refractivity contribution in [2.24, 2.45) is 5.73 Å². The molecule has 1 aromatic heterocycles. The highest BCUT2D eigenvalue weighted by Gasteiger charge is 2.24. The number of aromatic nitrogens is 1. The molecule has 1 fully saturated rings. The first-order valence-corrected chi connectivity index (χ1v) is 7.02. The van der Waals surface area contributed by atoms with Crippen LogP contribution in [0.5, 0.6) is 0 Å². The summed E-state index contributed by atoms with van der Waals surface area (Å²) in [6.45, 7) is 7.35. The summed E-state index contributed by atoms with van der Waals surface area (Å²) >= 11 is 0. The number of piperazine rings is 1. The molecule has 0 bridgehead atoms. The van der Waals surface area contributed by atoms with Crippen molar-refractivity contribution in [2.45, 2.75) is 19.4 Å². The number of carbonyl (C=O) groups excluding carboxylic acids is 1. The standard InChI is InChI=1S/C14H23N5O2/c1-14(2,21)9-18-5-7-19(8-6-18)13-10(15)3-4-11(17-13)12(16)20/h3-4,21H,5-9,15H2,1-2H3,(H2,16,20). The van der Waals surface area contributed by atoms with Crippen LogP contribution in [0.1, 0.15) is 24.3 Å². The van der Waals surface area contributed by atoms with Gasteiger partial charge in [0.15, 0.2) is 5.82 Å². The Morgan fingerprint density at radius 3 is 2.48 bits per heavy atom. The molecule has 0 atom stereocenters. The third-order valence-corrected chi connectivity index (χ3v) is 3.44. The Balaban J connectivity index is 2.05. The van der Waals surface area contributed by atoms with Crippen molar-refractivity contribution in [1.29, 1.82) is 0 Å². The topological polar surface area (TPSA) is 109 Å². The van der Waals surface area contributed by atoms with Gasteiger partial charge >= 0.3 is 0 Å². The first-order valence-electron chi connectivity index (χ1n) is 7.02.